The zero-order valence-corrected chi connectivity index (χ0v) is 19.3. The Bertz CT molecular complexity index is 1360. The Morgan fingerprint density at radius 2 is 1.85 bits per heavy atom. The van der Waals surface area contributed by atoms with E-state index in [-0.39, 0.29) is 6.10 Å². The van der Waals surface area contributed by atoms with E-state index in [0.717, 1.165) is 63.5 Å². The summed E-state index contributed by atoms with van der Waals surface area (Å²) in [7, 11) is 0. The second-order valence-electron chi connectivity index (χ2n) is 8.50. The Morgan fingerprint density at radius 1 is 1.03 bits per heavy atom. The van der Waals surface area contributed by atoms with Crippen molar-refractivity contribution in [1.82, 2.24) is 15.0 Å². The van der Waals surface area contributed by atoms with Gasteiger partial charge in [0, 0.05) is 30.5 Å². The van der Waals surface area contributed by atoms with Crippen LogP contribution in [-0.4, -0.2) is 32.2 Å². The molecule has 1 aliphatic carbocycles. The molecule has 9 heteroatoms. The van der Waals surface area contributed by atoms with Gasteiger partial charge in [0.05, 0.1) is 21.9 Å². The number of nitriles is 1. The highest BCUT2D eigenvalue weighted by Gasteiger charge is 2.20. The average molecular weight is 472 g/mol. The summed E-state index contributed by atoms with van der Waals surface area (Å²) in [6, 6.07) is 14.2. The monoisotopic (exact) mass is 471 g/mol. The van der Waals surface area contributed by atoms with Gasteiger partial charge < -0.3 is 21.5 Å². The zero-order valence-electron chi connectivity index (χ0n) is 18.5. The summed E-state index contributed by atoms with van der Waals surface area (Å²) in [6.07, 6.45) is 6.58. The Hall–Kier alpha value is -3.58. The second-order valence-corrected chi connectivity index (χ2v) is 9.53. The molecule has 1 aliphatic rings. The van der Waals surface area contributed by atoms with Gasteiger partial charge in [-0.1, -0.05) is 17.4 Å². The van der Waals surface area contributed by atoms with Gasteiger partial charge in [-0.05, 0) is 67.1 Å². The highest BCUT2D eigenvalue weighted by Crippen LogP contribution is 2.32. The van der Waals surface area contributed by atoms with E-state index in [2.05, 4.69) is 27.8 Å². The summed E-state index contributed by atoms with van der Waals surface area (Å²) in [6.45, 7) is 0.411. The third-order valence-corrected chi connectivity index (χ3v) is 6.93. The fourth-order valence-corrected chi connectivity index (χ4v) is 5.11. The molecule has 5 N–H and O–H groups in total. The molecule has 4 aromatic rings. The van der Waals surface area contributed by atoms with Gasteiger partial charge in [-0.2, -0.15) is 5.26 Å². The molecule has 8 nitrogen and oxygen atoms in total. The summed E-state index contributed by atoms with van der Waals surface area (Å²) in [5, 5.41) is 26.5. The quantitative estimate of drug-likeness (QED) is 0.322. The number of aromatic nitrogens is 3. The van der Waals surface area contributed by atoms with Crippen LogP contribution in [0.4, 0.5) is 16.8 Å². The molecule has 0 saturated heterocycles. The maximum absolute atomic E-state index is 9.76. The fourth-order valence-electron chi connectivity index (χ4n) is 4.20. The molecule has 0 spiro atoms. The van der Waals surface area contributed by atoms with Crippen LogP contribution in [-0.2, 0) is 6.54 Å². The van der Waals surface area contributed by atoms with Crippen LogP contribution in [0.2, 0.25) is 0 Å². The van der Waals surface area contributed by atoms with Crippen molar-refractivity contribution in [3.63, 3.8) is 0 Å². The lowest BCUT2D eigenvalue weighted by Gasteiger charge is -2.26. The molecule has 172 valence electrons. The van der Waals surface area contributed by atoms with Crippen molar-refractivity contribution in [2.45, 2.75) is 44.4 Å². The van der Waals surface area contributed by atoms with Crippen LogP contribution in [0.5, 0.6) is 0 Å². The number of pyridine rings is 2. The lowest BCUT2D eigenvalue weighted by atomic mass is 9.93. The van der Waals surface area contributed by atoms with Crippen LogP contribution < -0.4 is 16.4 Å². The molecule has 0 atom stereocenters. The van der Waals surface area contributed by atoms with Crippen molar-refractivity contribution in [3.05, 3.63) is 59.9 Å². The molecule has 5 rings (SSSR count). The van der Waals surface area contributed by atoms with Gasteiger partial charge in [0.2, 0.25) is 0 Å². The number of anilines is 3. The van der Waals surface area contributed by atoms with E-state index < -0.39 is 0 Å². The molecular formula is C25H25N7OS. The van der Waals surface area contributed by atoms with Gasteiger partial charge in [-0.3, -0.25) is 4.98 Å². The molecule has 3 aromatic heterocycles. The fraction of sp³-hybridized carbons (Fsp3) is 0.280. The van der Waals surface area contributed by atoms with E-state index in [9.17, 15) is 5.11 Å². The Morgan fingerprint density at radius 3 is 2.65 bits per heavy atom. The van der Waals surface area contributed by atoms with E-state index in [1.54, 1.807) is 12.4 Å². The summed E-state index contributed by atoms with van der Waals surface area (Å²) in [5.74, 6) is 1.46. The van der Waals surface area contributed by atoms with Gasteiger partial charge in [0.15, 0.2) is 5.13 Å². The van der Waals surface area contributed by atoms with Crippen LogP contribution in [0, 0.1) is 11.3 Å². The summed E-state index contributed by atoms with van der Waals surface area (Å²) < 4.78 is 1.02. The van der Waals surface area contributed by atoms with Crippen molar-refractivity contribution in [2.24, 2.45) is 5.73 Å². The first-order chi connectivity index (χ1) is 16.6. The number of rotatable bonds is 6. The molecule has 1 saturated carbocycles. The first kappa shape index (κ1) is 22.2. The minimum atomic E-state index is -0.190. The maximum Gasteiger partial charge on any atom is 0.189 e. The van der Waals surface area contributed by atoms with Gasteiger partial charge in [-0.15, -0.1) is 0 Å². The molecule has 1 fully saturated rings. The summed E-state index contributed by atoms with van der Waals surface area (Å²) in [4.78, 5) is 13.6. The maximum atomic E-state index is 9.76. The Labute approximate surface area is 201 Å². The van der Waals surface area contributed by atoms with E-state index >= 15 is 0 Å². The largest absolute Gasteiger partial charge is 0.393 e. The Balaban J connectivity index is 1.37. The number of aliphatic hydroxyl groups is 1. The molecule has 0 aliphatic heterocycles. The molecule has 0 amide bonds. The van der Waals surface area contributed by atoms with Gasteiger partial charge >= 0.3 is 0 Å². The average Bonchev–Trinajstić information content (AvgIpc) is 3.26. The standard InChI is InChI=1S/C25H25N7OS/c26-11-15-8-23(29-19-2-4-20(33)5-3-19)31-24(9-15)32-25-30-21-6-1-17(10-22(21)34-25)18-7-16(12-27)13-28-14-18/h1,6-10,13-14,19-20,33H,2-5,11,26H2,(H2,29,30,31,32). The van der Waals surface area contributed by atoms with E-state index in [1.165, 1.54) is 11.3 Å². The molecule has 3 heterocycles. The van der Waals surface area contributed by atoms with Crippen LogP contribution in [0.15, 0.2) is 48.8 Å². The zero-order chi connectivity index (χ0) is 23.5. The topological polar surface area (TPSA) is 133 Å². The third kappa shape index (κ3) is 4.99. The number of aliphatic hydroxyl groups excluding tert-OH is 1. The van der Waals surface area contributed by atoms with Crippen LogP contribution in [0.3, 0.4) is 0 Å². The van der Waals surface area contributed by atoms with E-state index in [1.807, 2.05) is 30.3 Å². The van der Waals surface area contributed by atoms with Crippen LogP contribution in [0.1, 0.15) is 36.8 Å². The smallest absolute Gasteiger partial charge is 0.189 e. The molecule has 0 bridgehead atoms. The number of hydrogen-bond acceptors (Lipinski definition) is 9. The SMILES string of the molecule is N#Cc1cncc(-c2ccc3nc(Nc4cc(CN)cc(NC5CCC(O)CC5)n4)sc3c2)c1. The van der Waals surface area contributed by atoms with Crippen molar-refractivity contribution in [3.8, 4) is 17.2 Å². The van der Waals surface area contributed by atoms with Gasteiger partial charge in [-0.25, -0.2) is 9.97 Å². The van der Waals surface area contributed by atoms with Crippen LogP contribution >= 0.6 is 11.3 Å². The summed E-state index contributed by atoms with van der Waals surface area (Å²) >= 11 is 1.54. The van der Waals surface area contributed by atoms with Crippen molar-refractivity contribution < 1.29 is 5.11 Å². The van der Waals surface area contributed by atoms with Gasteiger partial charge in [0.1, 0.15) is 17.7 Å². The second kappa shape index (κ2) is 9.73. The van der Waals surface area contributed by atoms with Crippen molar-refractivity contribution in [2.75, 3.05) is 10.6 Å². The molecule has 34 heavy (non-hydrogen) atoms. The molecule has 0 unspecified atom stereocenters. The van der Waals surface area contributed by atoms with E-state index in [4.69, 9.17) is 21.0 Å². The molecule has 0 radical (unpaired) electrons. The van der Waals surface area contributed by atoms with Crippen LogP contribution in [0.25, 0.3) is 21.3 Å². The normalized spacial score (nSPS) is 17.9. The third-order valence-electron chi connectivity index (χ3n) is 5.99. The predicted octanol–water partition coefficient (Wildman–Crippen LogP) is 4.54. The minimum absolute atomic E-state index is 0.190. The number of nitrogens with two attached hydrogens (primary N) is 1. The first-order valence-electron chi connectivity index (χ1n) is 11.3. The highest BCUT2D eigenvalue weighted by molar-refractivity contribution is 7.22. The summed E-state index contributed by atoms with van der Waals surface area (Å²) in [5.41, 5.74) is 10.2. The molecular weight excluding hydrogens is 446 g/mol. The number of hydrogen-bond donors (Lipinski definition) is 4. The number of nitrogens with zero attached hydrogens (tertiary/aromatic N) is 4. The number of thiazole rings is 1. The number of nitrogens with one attached hydrogen (secondary N) is 2. The molecule has 1 aromatic carbocycles. The highest BCUT2D eigenvalue weighted by atomic mass is 32.1. The lowest BCUT2D eigenvalue weighted by molar-refractivity contribution is 0.126. The predicted molar refractivity (Wildman–Crippen MR) is 135 cm³/mol. The van der Waals surface area contributed by atoms with E-state index in [0.29, 0.717) is 24.0 Å². The first-order valence-corrected chi connectivity index (χ1v) is 12.1. The van der Waals surface area contributed by atoms with Crippen molar-refractivity contribution >= 4 is 38.3 Å². The van der Waals surface area contributed by atoms with Crippen molar-refractivity contribution in [1.29, 1.82) is 5.26 Å². The van der Waals surface area contributed by atoms with Gasteiger partial charge in [0.25, 0.3) is 0 Å². The Kier molecular flexibility index (Phi) is 6.36. The lowest BCUT2D eigenvalue weighted by Crippen LogP contribution is -2.28. The minimum Gasteiger partial charge on any atom is -0.393 e. The number of fused-ring (bicyclic) bond motifs is 1. The number of benzene rings is 1.